The Labute approximate surface area is 220 Å². The first-order valence-electron chi connectivity index (χ1n) is 12.3. The van der Waals surface area contributed by atoms with Crippen LogP contribution in [0.4, 0.5) is 17.1 Å². The van der Waals surface area contributed by atoms with E-state index in [2.05, 4.69) is 16.0 Å². The fourth-order valence-corrected chi connectivity index (χ4v) is 4.28. The highest BCUT2D eigenvalue weighted by Crippen LogP contribution is 2.36. The lowest BCUT2D eigenvalue weighted by atomic mass is 9.82. The summed E-state index contributed by atoms with van der Waals surface area (Å²) < 4.78 is 0. The number of amides is 1. The van der Waals surface area contributed by atoms with Crippen molar-refractivity contribution < 1.29 is 19.3 Å². The van der Waals surface area contributed by atoms with Crippen LogP contribution in [0.25, 0.3) is 0 Å². The van der Waals surface area contributed by atoms with E-state index in [-0.39, 0.29) is 23.2 Å². The van der Waals surface area contributed by atoms with E-state index in [1.165, 1.54) is 24.3 Å². The summed E-state index contributed by atoms with van der Waals surface area (Å²) in [6.45, 7) is 2.18. The molecule has 3 aromatic rings. The van der Waals surface area contributed by atoms with Crippen molar-refractivity contribution in [3.63, 3.8) is 0 Å². The molecule has 0 saturated carbocycles. The van der Waals surface area contributed by atoms with Crippen LogP contribution in [0.2, 0.25) is 0 Å². The summed E-state index contributed by atoms with van der Waals surface area (Å²) >= 11 is 0. The molecule has 0 radical (unpaired) electrons. The highest BCUT2D eigenvalue weighted by Gasteiger charge is 2.33. The zero-order chi connectivity index (χ0) is 27.2. The fraction of sp³-hybridized carbons (Fsp3) is 0.250. The van der Waals surface area contributed by atoms with Crippen LogP contribution >= 0.6 is 0 Å². The Hall–Kier alpha value is -4.57. The standard InChI is InChI=1S/C28H29N5O5/c1-32(2)17-16-30-23-13-12-22(24-25(23)27(35)21-7-4-3-6-20(21)26(24)34)29-14-5-15-31-28(36)18-8-10-19(11-9-18)33(37)38/h3-4,6-13,29-30H,5,14-17H2,1-2H3,(H,31,36). The Bertz CT molecular complexity index is 1380. The molecule has 3 N–H and O–H groups in total. The van der Waals surface area contributed by atoms with Crippen molar-refractivity contribution in [1.29, 1.82) is 0 Å². The number of nitro groups is 1. The molecule has 0 saturated heterocycles. The second kappa shape index (κ2) is 11.7. The molecule has 1 amide bonds. The Balaban J connectivity index is 1.44. The van der Waals surface area contributed by atoms with Crippen molar-refractivity contribution in [3.05, 3.63) is 98.6 Å². The van der Waals surface area contributed by atoms with Gasteiger partial charge in [0, 0.05) is 66.4 Å². The number of hydrogen-bond donors (Lipinski definition) is 3. The molecule has 0 bridgehead atoms. The van der Waals surface area contributed by atoms with Crippen LogP contribution < -0.4 is 16.0 Å². The minimum absolute atomic E-state index is 0.0800. The quantitative estimate of drug-likeness (QED) is 0.157. The average Bonchev–Trinajstić information content (AvgIpc) is 2.91. The molecule has 10 nitrogen and oxygen atoms in total. The second-order valence-electron chi connectivity index (χ2n) is 9.18. The largest absolute Gasteiger partial charge is 0.384 e. The third-order valence-corrected chi connectivity index (χ3v) is 6.25. The van der Waals surface area contributed by atoms with Crippen LogP contribution in [0.1, 0.15) is 48.6 Å². The third-order valence-electron chi connectivity index (χ3n) is 6.25. The fourth-order valence-electron chi connectivity index (χ4n) is 4.28. The molecule has 38 heavy (non-hydrogen) atoms. The Morgan fingerprint density at radius 3 is 1.89 bits per heavy atom. The van der Waals surface area contributed by atoms with Crippen molar-refractivity contribution in [2.24, 2.45) is 0 Å². The molecule has 1 aliphatic rings. The zero-order valence-corrected chi connectivity index (χ0v) is 21.2. The van der Waals surface area contributed by atoms with Gasteiger partial charge in [0.15, 0.2) is 11.6 Å². The smallest absolute Gasteiger partial charge is 0.269 e. The molecule has 1 aliphatic carbocycles. The Morgan fingerprint density at radius 2 is 1.37 bits per heavy atom. The number of rotatable bonds is 11. The van der Waals surface area contributed by atoms with Gasteiger partial charge in [-0.3, -0.25) is 24.5 Å². The molecule has 0 unspecified atom stereocenters. The lowest BCUT2D eigenvalue weighted by Crippen LogP contribution is -2.27. The number of carbonyl (C=O) groups is 3. The number of benzene rings is 3. The minimum Gasteiger partial charge on any atom is -0.384 e. The van der Waals surface area contributed by atoms with E-state index in [0.717, 1.165) is 6.54 Å². The number of carbonyl (C=O) groups excluding carboxylic acids is 3. The lowest BCUT2D eigenvalue weighted by Gasteiger charge is -2.24. The summed E-state index contributed by atoms with van der Waals surface area (Å²) in [7, 11) is 3.92. The number of likely N-dealkylation sites (N-methyl/N-ethyl adjacent to an activating group) is 1. The van der Waals surface area contributed by atoms with Crippen LogP contribution in [-0.4, -0.2) is 67.6 Å². The maximum absolute atomic E-state index is 13.5. The molecule has 0 aliphatic heterocycles. The first kappa shape index (κ1) is 26.5. The number of nitro benzene ring substituents is 1. The number of non-ortho nitro benzene ring substituents is 1. The lowest BCUT2D eigenvalue weighted by molar-refractivity contribution is -0.384. The van der Waals surface area contributed by atoms with Crippen LogP contribution in [0.15, 0.2) is 60.7 Å². The number of nitrogens with zero attached hydrogens (tertiary/aromatic N) is 2. The van der Waals surface area contributed by atoms with Gasteiger partial charge in [-0.1, -0.05) is 24.3 Å². The summed E-state index contributed by atoms with van der Waals surface area (Å²) in [5.74, 6) is -0.732. The maximum atomic E-state index is 13.5. The van der Waals surface area contributed by atoms with Gasteiger partial charge in [0.2, 0.25) is 0 Å². The molecule has 0 atom stereocenters. The summed E-state index contributed by atoms with van der Waals surface area (Å²) in [5.41, 5.74) is 2.92. The molecule has 0 spiro atoms. The van der Waals surface area contributed by atoms with Crippen LogP contribution in [0.5, 0.6) is 0 Å². The highest BCUT2D eigenvalue weighted by atomic mass is 16.6. The molecule has 0 heterocycles. The van der Waals surface area contributed by atoms with Crippen molar-refractivity contribution >= 4 is 34.5 Å². The van der Waals surface area contributed by atoms with E-state index in [1.54, 1.807) is 30.3 Å². The van der Waals surface area contributed by atoms with E-state index >= 15 is 0 Å². The third kappa shape index (κ3) is 5.70. The number of ketones is 2. The van der Waals surface area contributed by atoms with Crippen LogP contribution in [0, 0.1) is 10.1 Å². The van der Waals surface area contributed by atoms with E-state index in [4.69, 9.17) is 0 Å². The van der Waals surface area contributed by atoms with E-state index in [9.17, 15) is 24.5 Å². The van der Waals surface area contributed by atoms with Gasteiger partial charge in [-0.2, -0.15) is 0 Å². The topological polar surface area (TPSA) is 134 Å². The van der Waals surface area contributed by atoms with Crippen molar-refractivity contribution in [1.82, 2.24) is 10.2 Å². The summed E-state index contributed by atoms with van der Waals surface area (Å²) in [6.07, 6.45) is 0.551. The van der Waals surface area contributed by atoms with Gasteiger partial charge in [0.1, 0.15) is 0 Å². The van der Waals surface area contributed by atoms with Gasteiger partial charge in [-0.25, -0.2) is 0 Å². The van der Waals surface area contributed by atoms with Gasteiger partial charge in [-0.05, 0) is 44.8 Å². The molecule has 10 heteroatoms. The van der Waals surface area contributed by atoms with Gasteiger partial charge >= 0.3 is 0 Å². The normalized spacial score (nSPS) is 12.1. The molecule has 4 rings (SSSR count). The predicted octanol–water partition coefficient (Wildman–Crippen LogP) is 3.58. The van der Waals surface area contributed by atoms with Crippen LogP contribution in [-0.2, 0) is 0 Å². The molecule has 0 aromatic heterocycles. The Morgan fingerprint density at radius 1 is 0.816 bits per heavy atom. The number of nitrogens with one attached hydrogen (secondary N) is 3. The molecular formula is C28H29N5O5. The number of hydrogen-bond acceptors (Lipinski definition) is 8. The molecule has 196 valence electrons. The number of fused-ring (bicyclic) bond motifs is 2. The zero-order valence-electron chi connectivity index (χ0n) is 21.2. The van der Waals surface area contributed by atoms with Crippen LogP contribution in [0.3, 0.4) is 0 Å². The molecule has 3 aromatic carbocycles. The van der Waals surface area contributed by atoms with Crippen molar-refractivity contribution in [2.75, 3.05) is 50.9 Å². The SMILES string of the molecule is CN(C)CCNc1ccc(NCCCNC(=O)c2ccc([N+](=O)[O-])cc2)c2c1C(=O)c1ccccc1C2=O. The average molecular weight is 516 g/mol. The molecule has 0 fully saturated rings. The second-order valence-corrected chi connectivity index (χ2v) is 9.18. The van der Waals surface area contributed by atoms with Gasteiger partial charge in [0.05, 0.1) is 16.1 Å². The number of anilines is 2. The van der Waals surface area contributed by atoms with Crippen molar-refractivity contribution in [2.45, 2.75) is 6.42 Å². The summed E-state index contributed by atoms with van der Waals surface area (Å²) in [4.78, 5) is 51.5. The van der Waals surface area contributed by atoms with E-state index in [0.29, 0.717) is 65.2 Å². The highest BCUT2D eigenvalue weighted by molar-refractivity contribution is 6.31. The minimum atomic E-state index is -0.518. The maximum Gasteiger partial charge on any atom is 0.269 e. The first-order valence-corrected chi connectivity index (χ1v) is 12.3. The van der Waals surface area contributed by atoms with Gasteiger partial charge in [0.25, 0.3) is 11.6 Å². The van der Waals surface area contributed by atoms with E-state index < -0.39 is 4.92 Å². The summed E-state index contributed by atoms with van der Waals surface area (Å²) in [6, 6.07) is 15.8. The van der Waals surface area contributed by atoms with Crippen molar-refractivity contribution in [3.8, 4) is 0 Å². The van der Waals surface area contributed by atoms with Gasteiger partial charge in [-0.15, -0.1) is 0 Å². The monoisotopic (exact) mass is 515 g/mol. The predicted molar refractivity (Wildman–Crippen MR) is 145 cm³/mol. The first-order chi connectivity index (χ1) is 18.3. The molecular weight excluding hydrogens is 486 g/mol. The Kier molecular flexibility index (Phi) is 8.12. The van der Waals surface area contributed by atoms with Gasteiger partial charge < -0.3 is 20.9 Å². The van der Waals surface area contributed by atoms with E-state index in [1.807, 2.05) is 25.1 Å². The summed E-state index contributed by atoms with van der Waals surface area (Å²) in [5, 5.41) is 20.1.